The third-order valence-corrected chi connectivity index (χ3v) is 4.72. The summed E-state index contributed by atoms with van der Waals surface area (Å²) in [6.45, 7) is 8.82. The summed E-state index contributed by atoms with van der Waals surface area (Å²) < 4.78 is 12.7. The van der Waals surface area contributed by atoms with E-state index in [0.717, 1.165) is 23.2 Å². The summed E-state index contributed by atoms with van der Waals surface area (Å²) in [5, 5.41) is 0.844. The average Bonchev–Trinajstić information content (AvgIpc) is 3.06. The number of ether oxygens (including phenoxy) is 2. The average molecular weight is 413 g/mol. The van der Waals surface area contributed by atoms with Crippen molar-refractivity contribution in [2.24, 2.45) is 12.0 Å². The fourth-order valence-corrected chi connectivity index (χ4v) is 3.25. The second kappa shape index (κ2) is 9.43. The van der Waals surface area contributed by atoms with Gasteiger partial charge in [0.2, 0.25) is 11.8 Å². The lowest BCUT2D eigenvalue weighted by atomic mass is 10.2. The number of carbonyl (C=O) groups excluding carboxylic acids is 2. The van der Waals surface area contributed by atoms with Gasteiger partial charge in [-0.1, -0.05) is 13.5 Å². The van der Waals surface area contributed by atoms with Gasteiger partial charge in [-0.2, -0.15) is 4.98 Å². The molecule has 2 aromatic heterocycles. The second-order valence-corrected chi connectivity index (χ2v) is 7.06. The molecule has 0 atom stereocenters. The van der Waals surface area contributed by atoms with Gasteiger partial charge in [-0.15, -0.1) is 0 Å². The van der Waals surface area contributed by atoms with Crippen LogP contribution < -0.4 is 9.64 Å². The van der Waals surface area contributed by atoms with Gasteiger partial charge in [0.1, 0.15) is 18.8 Å². The number of pyridine rings is 1. The number of piperazine rings is 1. The first-order valence-electron chi connectivity index (χ1n) is 9.89. The third kappa shape index (κ3) is 4.61. The van der Waals surface area contributed by atoms with E-state index >= 15 is 0 Å². The summed E-state index contributed by atoms with van der Waals surface area (Å²) in [7, 11) is 1.87. The molecule has 2 amide bonds. The summed E-state index contributed by atoms with van der Waals surface area (Å²) in [5.74, 6) is 0.322. The number of aliphatic imine (C=N–C) groups is 1. The zero-order valence-electron chi connectivity index (χ0n) is 17.6. The zero-order chi connectivity index (χ0) is 21.7. The minimum absolute atomic E-state index is 0.00449. The standard InChI is InChI=1S/C21H27N5O4/c1-5-11-29-21(28)25-9-10-26(19(27)13-25)17-12-24(4)20-16(17)7-8-18(23-20)30-14-15(3)22-6-2/h6-8,12H,2,5,9-11,13-14H2,1,3-4H3. The maximum Gasteiger partial charge on any atom is 0.410 e. The highest BCUT2D eigenvalue weighted by Crippen LogP contribution is 2.30. The van der Waals surface area contributed by atoms with Gasteiger partial charge in [0.15, 0.2) is 0 Å². The molecule has 1 aliphatic rings. The smallest absolute Gasteiger partial charge is 0.410 e. The quantitative estimate of drug-likeness (QED) is 0.651. The molecule has 2 aromatic rings. The van der Waals surface area contributed by atoms with Crippen molar-refractivity contribution < 1.29 is 19.1 Å². The highest BCUT2D eigenvalue weighted by Gasteiger charge is 2.30. The minimum atomic E-state index is -0.443. The first-order chi connectivity index (χ1) is 14.4. The molecule has 30 heavy (non-hydrogen) atoms. The van der Waals surface area contributed by atoms with Gasteiger partial charge in [0, 0.05) is 44.0 Å². The van der Waals surface area contributed by atoms with Crippen LogP contribution in [-0.2, 0) is 16.6 Å². The molecule has 0 spiro atoms. The number of aryl methyl sites for hydroxylation is 1. The monoisotopic (exact) mass is 413 g/mol. The van der Waals surface area contributed by atoms with Gasteiger partial charge >= 0.3 is 6.09 Å². The van der Waals surface area contributed by atoms with Crippen molar-refractivity contribution in [3.8, 4) is 5.88 Å². The largest absolute Gasteiger partial charge is 0.471 e. The Morgan fingerprint density at radius 2 is 2.17 bits per heavy atom. The van der Waals surface area contributed by atoms with Crippen molar-refractivity contribution in [1.82, 2.24) is 14.5 Å². The van der Waals surface area contributed by atoms with Crippen LogP contribution in [0.3, 0.4) is 0 Å². The van der Waals surface area contributed by atoms with Crippen molar-refractivity contribution in [3.05, 3.63) is 31.1 Å². The van der Waals surface area contributed by atoms with Crippen molar-refractivity contribution in [1.29, 1.82) is 0 Å². The van der Waals surface area contributed by atoms with E-state index in [1.807, 2.05) is 37.7 Å². The van der Waals surface area contributed by atoms with Gasteiger partial charge in [-0.05, 0) is 19.4 Å². The van der Waals surface area contributed by atoms with E-state index in [0.29, 0.717) is 37.8 Å². The van der Waals surface area contributed by atoms with E-state index in [1.54, 1.807) is 11.0 Å². The van der Waals surface area contributed by atoms with E-state index < -0.39 is 6.09 Å². The molecule has 0 radical (unpaired) electrons. The zero-order valence-corrected chi connectivity index (χ0v) is 17.6. The maximum absolute atomic E-state index is 12.7. The van der Waals surface area contributed by atoms with E-state index in [4.69, 9.17) is 9.47 Å². The summed E-state index contributed by atoms with van der Waals surface area (Å²) in [4.78, 5) is 36.5. The van der Waals surface area contributed by atoms with Crippen LogP contribution in [-0.4, -0.2) is 65.0 Å². The molecule has 0 unspecified atom stereocenters. The lowest BCUT2D eigenvalue weighted by Crippen LogP contribution is -2.52. The highest BCUT2D eigenvalue weighted by atomic mass is 16.6. The van der Waals surface area contributed by atoms with E-state index in [1.165, 1.54) is 11.1 Å². The normalized spacial score (nSPS) is 14.9. The first kappa shape index (κ1) is 21.4. The number of aromatic nitrogens is 2. The molecule has 0 aromatic carbocycles. The van der Waals surface area contributed by atoms with Crippen molar-refractivity contribution >= 4 is 34.4 Å². The van der Waals surface area contributed by atoms with Crippen molar-refractivity contribution in [2.45, 2.75) is 20.3 Å². The Hall–Kier alpha value is -3.36. The summed E-state index contributed by atoms with van der Waals surface area (Å²) >= 11 is 0. The maximum atomic E-state index is 12.7. The van der Waals surface area contributed by atoms with E-state index in [2.05, 4.69) is 16.6 Å². The van der Waals surface area contributed by atoms with Gasteiger partial charge in [-0.3, -0.25) is 14.7 Å². The molecule has 0 N–H and O–H groups in total. The number of anilines is 1. The number of rotatable bonds is 7. The molecule has 0 saturated carbocycles. The predicted molar refractivity (Wildman–Crippen MR) is 115 cm³/mol. The Morgan fingerprint density at radius 3 is 2.87 bits per heavy atom. The summed E-state index contributed by atoms with van der Waals surface area (Å²) in [6.07, 6.45) is 3.64. The number of hydrogen-bond acceptors (Lipinski definition) is 6. The number of hydrogen-bond donors (Lipinski definition) is 0. The lowest BCUT2D eigenvalue weighted by Gasteiger charge is -2.33. The molecular formula is C21H27N5O4. The topological polar surface area (TPSA) is 89.3 Å². The Morgan fingerprint density at radius 1 is 1.37 bits per heavy atom. The number of carbonyl (C=O) groups is 2. The van der Waals surface area contributed by atoms with Gasteiger partial charge in [0.05, 0.1) is 18.0 Å². The van der Waals surface area contributed by atoms with Crippen LogP contribution in [0, 0.1) is 0 Å². The predicted octanol–water partition coefficient (Wildman–Crippen LogP) is 2.75. The SMILES string of the molecule is C=CN=C(C)COc1ccc2c(N3CCN(C(=O)OCCC)CC3=O)cn(C)c2n1. The Kier molecular flexibility index (Phi) is 6.71. The molecular weight excluding hydrogens is 386 g/mol. The van der Waals surface area contributed by atoms with Crippen LogP contribution in [0.1, 0.15) is 20.3 Å². The van der Waals surface area contributed by atoms with Crippen LogP contribution in [0.25, 0.3) is 11.0 Å². The molecule has 9 heteroatoms. The van der Waals surface area contributed by atoms with Crippen LogP contribution in [0.2, 0.25) is 0 Å². The van der Waals surface area contributed by atoms with Crippen molar-refractivity contribution in [3.63, 3.8) is 0 Å². The Bertz CT molecular complexity index is 981. The second-order valence-electron chi connectivity index (χ2n) is 7.06. The fraction of sp³-hybridized carbons (Fsp3) is 0.429. The van der Waals surface area contributed by atoms with Crippen LogP contribution in [0.4, 0.5) is 10.5 Å². The number of amides is 2. The lowest BCUT2D eigenvalue weighted by molar-refractivity contribution is -0.120. The van der Waals surface area contributed by atoms with E-state index in [9.17, 15) is 9.59 Å². The molecule has 160 valence electrons. The summed E-state index contributed by atoms with van der Waals surface area (Å²) in [6, 6.07) is 3.66. The van der Waals surface area contributed by atoms with Gasteiger partial charge in [0.25, 0.3) is 0 Å². The first-order valence-corrected chi connectivity index (χ1v) is 9.89. The van der Waals surface area contributed by atoms with Gasteiger partial charge in [-0.25, -0.2) is 4.79 Å². The van der Waals surface area contributed by atoms with Crippen molar-refractivity contribution in [2.75, 3.05) is 37.7 Å². The molecule has 1 aliphatic heterocycles. The molecule has 1 fully saturated rings. The van der Waals surface area contributed by atoms with Crippen LogP contribution in [0.5, 0.6) is 5.88 Å². The highest BCUT2D eigenvalue weighted by molar-refractivity contribution is 6.04. The fourth-order valence-electron chi connectivity index (χ4n) is 3.25. The molecule has 0 aliphatic carbocycles. The molecule has 0 bridgehead atoms. The Balaban J connectivity index is 1.75. The van der Waals surface area contributed by atoms with Crippen LogP contribution in [0.15, 0.2) is 36.1 Å². The van der Waals surface area contributed by atoms with E-state index in [-0.39, 0.29) is 12.5 Å². The molecule has 9 nitrogen and oxygen atoms in total. The minimum Gasteiger partial charge on any atom is -0.471 e. The molecule has 3 rings (SSSR count). The van der Waals surface area contributed by atoms with Crippen LogP contribution >= 0.6 is 0 Å². The Labute approximate surface area is 175 Å². The molecule has 3 heterocycles. The number of nitrogens with zero attached hydrogens (tertiary/aromatic N) is 5. The number of fused-ring (bicyclic) bond motifs is 1. The summed E-state index contributed by atoms with van der Waals surface area (Å²) in [5.41, 5.74) is 2.27. The van der Waals surface area contributed by atoms with Gasteiger partial charge < -0.3 is 18.9 Å². The molecule has 1 saturated heterocycles. The third-order valence-electron chi connectivity index (χ3n) is 4.72.